The summed E-state index contributed by atoms with van der Waals surface area (Å²) in [5, 5.41) is 6.28. The second-order valence-electron chi connectivity index (χ2n) is 7.03. The van der Waals surface area contributed by atoms with Crippen LogP contribution in [-0.2, 0) is 11.3 Å². The normalized spacial score (nSPS) is 10.8. The Bertz CT molecular complexity index is 981. The molecule has 2 amide bonds. The summed E-state index contributed by atoms with van der Waals surface area (Å²) in [5.41, 5.74) is 1.86. The summed E-state index contributed by atoms with van der Waals surface area (Å²) < 4.78 is 1.65. The zero-order valence-electron chi connectivity index (χ0n) is 16.2. The monoisotopic (exact) mass is 411 g/mol. The van der Waals surface area contributed by atoms with Gasteiger partial charge < -0.3 is 10.6 Å². The molecule has 3 rings (SSSR count). The number of nitrogens with one attached hydrogen (secondary N) is 2. The zero-order valence-corrected chi connectivity index (χ0v) is 17.0. The molecule has 3 aromatic rings. The Labute approximate surface area is 174 Å². The second kappa shape index (κ2) is 9.34. The van der Waals surface area contributed by atoms with E-state index in [4.69, 9.17) is 11.6 Å². The van der Waals surface area contributed by atoms with Crippen molar-refractivity contribution in [3.8, 4) is 5.82 Å². The number of rotatable bonds is 7. The number of hydrogen-bond acceptors (Lipinski definition) is 4. The molecular formula is C21H22ClN5O2. The van der Waals surface area contributed by atoms with Crippen LogP contribution in [-0.4, -0.2) is 26.3 Å². The lowest BCUT2D eigenvalue weighted by atomic mass is 10.1. The number of pyridine rings is 1. The molecular weight excluding hydrogens is 390 g/mol. The number of carbonyl (C=O) groups excluding carboxylic acids is 2. The summed E-state index contributed by atoms with van der Waals surface area (Å²) in [6, 6.07) is 10.8. The Balaban J connectivity index is 1.59. The first-order valence-corrected chi connectivity index (χ1v) is 9.61. The standard InChI is InChI=1S/C21H22ClN5O2/c1-14(2)9-20(28)26-17-7-8-19(23-11-17)27-12-18(25-13-27)21(29)24-10-15-3-5-16(22)6-4-15/h3-8,11-14H,9-10H2,1-2H3,(H,24,29)(H,26,28). The second-order valence-corrected chi connectivity index (χ2v) is 7.46. The summed E-state index contributed by atoms with van der Waals surface area (Å²) in [4.78, 5) is 32.6. The van der Waals surface area contributed by atoms with Crippen molar-refractivity contribution in [2.45, 2.75) is 26.8 Å². The van der Waals surface area contributed by atoms with Crippen molar-refractivity contribution in [2.75, 3.05) is 5.32 Å². The van der Waals surface area contributed by atoms with Gasteiger partial charge >= 0.3 is 0 Å². The van der Waals surface area contributed by atoms with Crippen molar-refractivity contribution in [1.29, 1.82) is 0 Å². The molecule has 0 saturated heterocycles. The van der Waals surface area contributed by atoms with Gasteiger partial charge in [0, 0.05) is 24.2 Å². The summed E-state index contributed by atoms with van der Waals surface area (Å²) in [6.45, 7) is 4.36. The highest BCUT2D eigenvalue weighted by molar-refractivity contribution is 6.30. The number of amides is 2. The van der Waals surface area contributed by atoms with E-state index in [-0.39, 0.29) is 23.4 Å². The quantitative estimate of drug-likeness (QED) is 0.618. The molecule has 29 heavy (non-hydrogen) atoms. The van der Waals surface area contributed by atoms with Gasteiger partial charge in [0.15, 0.2) is 0 Å². The molecule has 0 bridgehead atoms. The average molecular weight is 412 g/mol. The topological polar surface area (TPSA) is 88.9 Å². The first kappa shape index (κ1) is 20.5. The van der Waals surface area contributed by atoms with E-state index >= 15 is 0 Å². The minimum absolute atomic E-state index is 0.0446. The van der Waals surface area contributed by atoms with Gasteiger partial charge in [0.25, 0.3) is 5.91 Å². The van der Waals surface area contributed by atoms with E-state index in [9.17, 15) is 9.59 Å². The first-order valence-electron chi connectivity index (χ1n) is 9.23. The number of nitrogens with zero attached hydrogens (tertiary/aromatic N) is 3. The van der Waals surface area contributed by atoms with Gasteiger partial charge in [-0.2, -0.15) is 0 Å². The Morgan fingerprint density at radius 1 is 1.10 bits per heavy atom. The Morgan fingerprint density at radius 3 is 2.52 bits per heavy atom. The maximum absolute atomic E-state index is 12.3. The Morgan fingerprint density at radius 2 is 1.86 bits per heavy atom. The molecule has 0 saturated carbocycles. The first-order chi connectivity index (χ1) is 13.9. The van der Waals surface area contributed by atoms with Crippen LogP contribution in [0.25, 0.3) is 5.82 Å². The predicted molar refractivity (Wildman–Crippen MR) is 112 cm³/mol. The number of aromatic nitrogens is 3. The van der Waals surface area contributed by atoms with Crippen LogP contribution >= 0.6 is 11.6 Å². The molecule has 0 aliphatic carbocycles. The van der Waals surface area contributed by atoms with Crippen molar-refractivity contribution < 1.29 is 9.59 Å². The van der Waals surface area contributed by atoms with E-state index in [0.29, 0.717) is 29.5 Å². The smallest absolute Gasteiger partial charge is 0.271 e. The fourth-order valence-corrected chi connectivity index (χ4v) is 2.76. The van der Waals surface area contributed by atoms with Crippen LogP contribution < -0.4 is 10.6 Å². The average Bonchev–Trinajstić information content (AvgIpc) is 3.17. The molecule has 150 valence electrons. The molecule has 0 aliphatic heterocycles. The number of benzene rings is 1. The van der Waals surface area contributed by atoms with Crippen LogP contribution in [0.4, 0.5) is 5.69 Å². The molecule has 0 aliphatic rings. The minimum Gasteiger partial charge on any atom is -0.347 e. The molecule has 0 spiro atoms. The van der Waals surface area contributed by atoms with Crippen molar-refractivity contribution in [1.82, 2.24) is 19.9 Å². The van der Waals surface area contributed by atoms with Crippen molar-refractivity contribution in [3.05, 3.63) is 71.4 Å². The van der Waals surface area contributed by atoms with Gasteiger partial charge in [-0.25, -0.2) is 9.97 Å². The summed E-state index contributed by atoms with van der Waals surface area (Å²) in [6.07, 6.45) is 5.17. The molecule has 0 unspecified atom stereocenters. The van der Waals surface area contributed by atoms with E-state index in [1.54, 1.807) is 41.2 Å². The lowest BCUT2D eigenvalue weighted by Crippen LogP contribution is -2.23. The summed E-state index contributed by atoms with van der Waals surface area (Å²) in [7, 11) is 0. The van der Waals surface area contributed by atoms with Crippen LogP contribution in [0.2, 0.25) is 5.02 Å². The van der Waals surface area contributed by atoms with Crippen molar-refractivity contribution in [3.63, 3.8) is 0 Å². The highest BCUT2D eigenvalue weighted by Gasteiger charge is 2.11. The molecule has 2 heterocycles. The van der Waals surface area contributed by atoms with Gasteiger partial charge in [-0.3, -0.25) is 14.2 Å². The number of anilines is 1. The SMILES string of the molecule is CC(C)CC(=O)Nc1ccc(-n2cnc(C(=O)NCc3ccc(Cl)cc3)c2)nc1. The lowest BCUT2D eigenvalue weighted by Gasteiger charge is -2.07. The van der Waals surface area contributed by atoms with Crippen LogP contribution in [0.15, 0.2) is 55.1 Å². The molecule has 2 aromatic heterocycles. The van der Waals surface area contributed by atoms with Crippen LogP contribution in [0.5, 0.6) is 0 Å². The maximum atomic E-state index is 12.3. The molecule has 0 fully saturated rings. The van der Waals surface area contributed by atoms with E-state index in [0.717, 1.165) is 5.56 Å². The van der Waals surface area contributed by atoms with E-state index in [2.05, 4.69) is 20.6 Å². The van der Waals surface area contributed by atoms with E-state index in [1.807, 2.05) is 26.0 Å². The Hall–Kier alpha value is -3.19. The molecule has 7 nitrogen and oxygen atoms in total. The van der Waals surface area contributed by atoms with Gasteiger partial charge in [-0.05, 0) is 35.7 Å². The third-order valence-corrected chi connectivity index (χ3v) is 4.32. The van der Waals surface area contributed by atoms with E-state index < -0.39 is 0 Å². The highest BCUT2D eigenvalue weighted by atomic mass is 35.5. The summed E-state index contributed by atoms with van der Waals surface area (Å²) in [5.74, 6) is 0.557. The zero-order chi connectivity index (χ0) is 20.8. The van der Waals surface area contributed by atoms with Gasteiger partial charge in [-0.15, -0.1) is 0 Å². The van der Waals surface area contributed by atoms with Crippen molar-refractivity contribution >= 4 is 29.1 Å². The predicted octanol–water partition coefficient (Wildman–Crippen LogP) is 3.84. The molecule has 0 radical (unpaired) electrons. The van der Waals surface area contributed by atoms with Crippen LogP contribution in [0.3, 0.4) is 0 Å². The third kappa shape index (κ3) is 5.89. The Kier molecular flexibility index (Phi) is 6.61. The largest absolute Gasteiger partial charge is 0.347 e. The van der Waals surface area contributed by atoms with Gasteiger partial charge in [0.2, 0.25) is 5.91 Å². The third-order valence-electron chi connectivity index (χ3n) is 4.07. The molecule has 1 aromatic carbocycles. The highest BCUT2D eigenvalue weighted by Crippen LogP contribution is 2.13. The summed E-state index contributed by atoms with van der Waals surface area (Å²) >= 11 is 5.86. The van der Waals surface area contributed by atoms with Crippen LogP contribution in [0.1, 0.15) is 36.3 Å². The molecule has 2 N–H and O–H groups in total. The molecule has 8 heteroatoms. The number of imidazole rings is 1. The fourth-order valence-electron chi connectivity index (χ4n) is 2.64. The van der Waals surface area contributed by atoms with Gasteiger partial charge in [-0.1, -0.05) is 37.6 Å². The van der Waals surface area contributed by atoms with Gasteiger partial charge in [0.1, 0.15) is 17.8 Å². The number of carbonyl (C=O) groups is 2. The van der Waals surface area contributed by atoms with E-state index in [1.165, 1.54) is 6.33 Å². The molecule has 0 atom stereocenters. The van der Waals surface area contributed by atoms with Crippen LogP contribution in [0, 0.1) is 5.92 Å². The fraction of sp³-hybridized carbons (Fsp3) is 0.238. The lowest BCUT2D eigenvalue weighted by molar-refractivity contribution is -0.116. The maximum Gasteiger partial charge on any atom is 0.271 e. The number of halogens is 1. The number of hydrogen-bond donors (Lipinski definition) is 2. The van der Waals surface area contributed by atoms with Gasteiger partial charge in [0.05, 0.1) is 11.9 Å². The minimum atomic E-state index is -0.281. The van der Waals surface area contributed by atoms with Crippen molar-refractivity contribution in [2.24, 2.45) is 5.92 Å².